The summed E-state index contributed by atoms with van der Waals surface area (Å²) in [5, 5.41) is 9.62. The molecule has 0 aliphatic heterocycles. The molecule has 0 amide bonds. The van der Waals surface area contributed by atoms with Crippen LogP contribution >= 0.6 is 23.1 Å². The third-order valence-corrected chi connectivity index (χ3v) is 4.05. The molecule has 0 saturated heterocycles. The summed E-state index contributed by atoms with van der Waals surface area (Å²) in [7, 11) is 0. The Bertz CT molecular complexity index is 599. The zero-order chi connectivity index (χ0) is 14.0. The minimum atomic E-state index is -4.82. The Morgan fingerprint density at radius 3 is 2.37 bits per heavy atom. The maximum absolute atomic E-state index is 12.6. The second-order valence-electron chi connectivity index (χ2n) is 3.30. The van der Waals surface area contributed by atoms with Crippen LogP contribution in [0.5, 0.6) is 0 Å². The number of hydrogen-bond donors (Lipinski definition) is 0. The van der Waals surface area contributed by atoms with Gasteiger partial charge in [0.2, 0.25) is 5.69 Å². The van der Waals surface area contributed by atoms with Crippen molar-refractivity contribution in [3.8, 4) is 0 Å². The zero-order valence-electron chi connectivity index (χ0n) is 9.05. The number of aromatic nitrogens is 1. The van der Waals surface area contributed by atoms with E-state index in [9.17, 15) is 23.3 Å². The quantitative estimate of drug-likeness (QED) is 0.629. The van der Waals surface area contributed by atoms with Gasteiger partial charge in [0.05, 0.1) is 4.92 Å². The van der Waals surface area contributed by atoms with Crippen molar-refractivity contribution >= 4 is 28.1 Å². The van der Waals surface area contributed by atoms with Crippen molar-refractivity contribution in [1.82, 2.24) is 4.98 Å². The molecule has 1 aromatic heterocycles. The van der Waals surface area contributed by atoms with Crippen LogP contribution in [-0.4, -0.2) is 9.91 Å². The second-order valence-corrected chi connectivity index (χ2v) is 5.60. The third kappa shape index (κ3) is 3.24. The van der Waals surface area contributed by atoms with Crippen LogP contribution in [0.25, 0.3) is 0 Å². The first-order chi connectivity index (χ1) is 8.88. The summed E-state index contributed by atoms with van der Waals surface area (Å²) in [6, 6.07) is 8.57. The molecule has 0 fully saturated rings. The number of hydrogen-bond acceptors (Lipinski definition) is 5. The smallest absolute Gasteiger partial charge is 0.257 e. The number of nitrogens with zero attached hydrogens (tertiary/aromatic N) is 2. The van der Waals surface area contributed by atoms with E-state index in [4.69, 9.17) is 0 Å². The van der Waals surface area contributed by atoms with Crippen molar-refractivity contribution in [2.24, 2.45) is 0 Å². The van der Waals surface area contributed by atoms with Gasteiger partial charge in [0.1, 0.15) is 0 Å². The van der Waals surface area contributed by atoms with Gasteiger partial charge in [-0.1, -0.05) is 30.0 Å². The molecule has 0 N–H and O–H groups in total. The maximum atomic E-state index is 12.6. The predicted molar refractivity (Wildman–Crippen MR) is 64.3 cm³/mol. The predicted octanol–water partition coefficient (Wildman–Crippen LogP) is 4.22. The molecule has 19 heavy (non-hydrogen) atoms. The molecule has 2 rings (SSSR count). The van der Waals surface area contributed by atoms with Crippen molar-refractivity contribution in [3.63, 3.8) is 0 Å². The Hall–Kier alpha value is -1.61. The van der Waals surface area contributed by atoms with E-state index in [0.717, 1.165) is 11.8 Å². The van der Waals surface area contributed by atoms with Crippen LogP contribution < -0.4 is 0 Å². The van der Waals surface area contributed by atoms with E-state index < -0.39 is 21.8 Å². The van der Waals surface area contributed by atoms with Gasteiger partial charge in [-0.2, -0.15) is 13.2 Å². The summed E-state index contributed by atoms with van der Waals surface area (Å²) < 4.78 is 37.8. The molecule has 100 valence electrons. The number of benzene rings is 1. The molecule has 0 aliphatic rings. The average molecular weight is 306 g/mol. The van der Waals surface area contributed by atoms with Crippen LogP contribution in [0.1, 0.15) is 5.69 Å². The van der Waals surface area contributed by atoms with E-state index in [-0.39, 0.29) is 4.34 Å². The fourth-order valence-electron chi connectivity index (χ4n) is 1.23. The van der Waals surface area contributed by atoms with E-state index in [1.54, 1.807) is 30.3 Å². The number of alkyl halides is 3. The summed E-state index contributed by atoms with van der Waals surface area (Å²) in [4.78, 5) is 13.5. The Morgan fingerprint density at radius 1 is 1.26 bits per heavy atom. The van der Waals surface area contributed by atoms with Crippen LogP contribution in [0.15, 0.2) is 39.6 Å². The van der Waals surface area contributed by atoms with E-state index >= 15 is 0 Å². The summed E-state index contributed by atoms with van der Waals surface area (Å²) in [6.45, 7) is 0. The van der Waals surface area contributed by atoms with E-state index in [0.29, 0.717) is 16.2 Å². The van der Waals surface area contributed by atoms with Gasteiger partial charge in [-0.3, -0.25) is 10.1 Å². The standard InChI is InChI=1S/C10H5F3N2O2S2/c11-10(12,13)7-8(15(16)17)19-9(14-7)18-6-4-2-1-3-5-6/h1-5H. The normalized spacial score (nSPS) is 11.5. The summed E-state index contributed by atoms with van der Waals surface area (Å²) in [5.74, 6) is 0. The lowest BCUT2D eigenvalue weighted by Gasteiger charge is -2.00. The Morgan fingerprint density at radius 2 is 1.89 bits per heavy atom. The summed E-state index contributed by atoms with van der Waals surface area (Å²) >= 11 is 1.38. The SMILES string of the molecule is O=[N+]([O-])c1sc(Sc2ccccc2)nc1C(F)(F)F. The van der Waals surface area contributed by atoms with Gasteiger partial charge in [-0.05, 0) is 23.5 Å². The molecular weight excluding hydrogens is 301 g/mol. The fraction of sp³-hybridized carbons (Fsp3) is 0.100. The zero-order valence-corrected chi connectivity index (χ0v) is 10.7. The minimum absolute atomic E-state index is 0.00905. The highest BCUT2D eigenvalue weighted by molar-refractivity contribution is 8.01. The fourth-order valence-corrected chi connectivity index (χ4v) is 3.19. The highest BCUT2D eigenvalue weighted by atomic mass is 32.2. The average Bonchev–Trinajstić information content (AvgIpc) is 2.74. The van der Waals surface area contributed by atoms with Crippen LogP contribution in [0.3, 0.4) is 0 Å². The van der Waals surface area contributed by atoms with Crippen LogP contribution in [0.2, 0.25) is 0 Å². The molecule has 9 heteroatoms. The number of thiazole rings is 1. The third-order valence-electron chi connectivity index (χ3n) is 1.97. The lowest BCUT2D eigenvalue weighted by molar-refractivity contribution is -0.383. The molecule has 0 radical (unpaired) electrons. The lowest BCUT2D eigenvalue weighted by Crippen LogP contribution is -2.08. The first-order valence-corrected chi connectivity index (χ1v) is 6.46. The number of halogens is 3. The Kier molecular flexibility index (Phi) is 3.76. The number of rotatable bonds is 3. The molecule has 0 spiro atoms. The molecule has 0 bridgehead atoms. The molecule has 1 aromatic carbocycles. The van der Waals surface area contributed by atoms with Gasteiger partial charge in [0.15, 0.2) is 4.34 Å². The second kappa shape index (κ2) is 5.17. The van der Waals surface area contributed by atoms with E-state index in [1.807, 2.05) is 0 Å². The van der Waals surface area contributed by atoms with Crippen LogP contribution in [0, 0.1) is 10.1 Å². The molecule has 0 unspecified atom stereocenters. The molecule has 2 aromatic rings. The van der Waals surface area contributed by atoms with Gasteiger partial charge in [0, 0.05) is 4.90 Å². The molecule has 4 nitrogen and oxygen atoms in total. The van der Waals surface area contributed by atoms with Gasteiger partial charge < -0.3 is 0 Å². The Labute approximate surface area is 113 Å². The van der Waals surface area contributed by atoms with Crippen LogP contribution in [-0.2, 0) is 6.18 Å². The van der Waals surface area contributed by atoms with E-state index in [2.05, 4.69) is 4.98 Å². The molecule has 0 aliphatic carbocycles. The highest BCUT2D eigenvalue weighted by Crippen LogP contribution is 2.43. The molecule has 0 saturated carbocycles. The summed E-state index contributed by atoms with van der Waals surface area (Å²) in [5.41, 5.74) is -1.44. The van der Waals surface area contributed by atoms with Crippen molar-refractivity contribution in [3.05, 3.63) is 46.1 Å². The van der Waals surface area contributed by atoms with Crippen molar-refractivity contribution < 1.29 is 18.1 Å². The maximum Gasteiger partial charge on any atom is 0.441 e. The molecular formula is C10H5F3N2O2S2. The van der Waals surface area contributed by atoms with Gasteiger partial charge in [-0.25, -0.2) is 4.98 Å². The Balaban J connectivity index is 2.36. The summed E-state index contributed by atoms with van der Waals surface area (Å²) in [6.07, 6.45) is -4.82. The first kappa shape index (κ1) is 13.8. The van der Waals surface area contributed by atoms with Crippen LogP contribution in [0.4, 0.5) is 18.2 Å². The van der Waals surface area contributed by atoms with Gasteiger partial charge in [0.25, 0.3) is 0 Å². The van der Waals surface area contributed by atoms with Gasteiger partial charge in [-0.15, -0.1) is 0 Å². The van der Waals surface area contributed by atoms with E-state index in [1.165, 1.54) is 0 Å². The molecule has 1 heterocycles. The van der Waals surface area contributed by atoms with Gasteiger partial charge >= 0.3 is 11.2 Å². The molecule has 0 atom stereocenters. The van der Waals surface area contributed by atoms with Crippen molar-refractivity contribution in [2.75, 3.05) is 0 Å². The lowest BCUT2D eigenvalue weighted by atomic mass is 10.4. The monoisotopic (exact) mass is 306 g/mol. The van der Waals surface area contributed by atoms with Crippen molar-refractivity contribution in [2.45, 2.75) is 15.4 Å². The highest BCUT2D eigenvalue weighted by Gasteiger charge is 2.43. The number of nitro groups is 1. The van der Waals surface area contributed by atoms with Crippen molar-refractivity contribution in [1.29, 1.82) is 0 Å². The topological polar surface area (TPSA) is 56.0 Å². The minimum Gasteiger partial charge on any atom is -0.257 e. The first-order valence-electron chi connectivity index (χ1n) is 4.83. The largest absolute Gasteiger partial charge is 0.441 e.